The normalized spacial score (nSPS) is 14.8. The number of hydrogen-bond donors (Lipinski definition) is 2. The zero-order valence-electron chi connectivity index (χ0n) is 10.9. The molecule has 0 bridgehead atoms. The number of nitrogens with zero attached hydrogens (tertiary/aromatic N) is 1. The number of hydrogen-bond acceptors (Lipinski definition) is 3. The molecule has 0 aromatic carbocycles. The molecule has 0 spiro atoms. The van der Waals surface area contributed by atoms with Gasteiger partial charge in [-0.2, -0.15) is 0 Å². The highest BCUT2D eigenvalue weighted by Gasteiger charge is 2.20. The Bertz CT molecular complexity index is 383. The van der Waals surface area contributed by atoms with Crippen LogP contribution >= 0.6 is 0 Å². The lowest BCUT2D eigenvalue weighted by Gasteiger charge is -2.27. The second-order valence-corrected chi connectivity index (χ2v) is 5.08. The first-order chi connectivity index (χ1) is 8.17. The van der Waals surface area contributed by atoms with E-state index >= 15 is 0 Å². The summed E-state index contributed by atoms with van der Waals surface area (Å²) in [6.07, 6.45) is 5.53. The van der Waals surface area contributed by atoms with Crippen LogP contribution in [0, 0.1) is 0 Å². The van der Waals surface area contributed by atoms with Gasteiger partial charge in [0, 0.05) is 17.8 Å². The third-order valence-corrected chi connectivity index (χ3v) is 3.96. The van der Waals surface area contributed by atoms with E-state index in [0.717, 1.165) is 31.6 Å². The Labute approximate surface area is 104 Å². The van der Waals surface area contributed by atoms with Crippen molar-refractivity contribution in [2.75, 3.05) is 11.9 Å². The lowest BCUT2D eigenvalue weighted by atomic mass is 9.94. The second-order valence-electron chi connectivity index (χ2n) is 5.08. The molecule has 1 heterocycles. The maximum atomic E-state index is 6.27. The van der Waals surface area contributed by atoms with Crippen LogP contribution in [0.15, 0.2) is 12.1 Å². The molecule has 3 nitrogen and oxygen atoms in total. The van der Waals surface area contributed by atoms with Crippen LogP contribution in [0.25, 0.3) is 0 Å². The minimum Gasteiger partial charge on any atom is -0.368 e. The molecule has 94 valence electrons. The molecule has 0 unspecified atom stereocenters. The molecule has 0 atom stereocenters. The van der Waals surface area contributed by atoms with E-state index < -0.39 is 0 Å². The summed E-state index contributed by atoms with van der Waals surface area (Å²) in [5.41, 5.74) is 8.84. The van der Waals surface area contributed by atoms with Crippen LogP contribution in [-0.2, 0) is 12.8 Å². The van der Waals surface area contributed by atoms with E-state index in [1.165, 1.54) is 24.1 Å². The van der Waals surface area contributed by atoms with Gasteiger partial charge in [0.2, 0.25) is 0 Å². The van der Waals surface area contributed by atoms with Gasteiger partial charge >= 0.3 is 0 Å². The molecule has 1 aromatic heterocycles. The second kappa shape index (κ2) is 5.05. The summed E-state index contributed by atoms with van der Waals surface area (Å²) in [7, 11) is 0. The fourth-order valence-electron chi connectivity index (χ4n) is 2.29. The summed E-state index contributed by atoms with van der Waals surface area (Å²) in [6, 6.07) is 4.28. The zero-order valence-corrected chi connectivity index (χ0v) is 10.9. The lowest BCUT2D eigenvalue weighted by molar-refractivity contribution is 0.418. The van der Waals surface area contributed by atoms with E-state index in [1.54, 1.807) is 0 Å². The van der Waals surface area contributed by atoms with Gasteiger partial charge in [-0.3, -0.25) is 0 Å². The Morgan fingerprint density at radius 1 is 1.29 bits per heavy atom. The minimum atomic E-state index is -0.110. The van der Waals surface area contributed by atoms with Gasteiger partial charge in [0.25, 0.3) is 0 Å². The van der Waals surface area contributed by atoms with Crippen molar-refractivity contribution >= 4 is 5.82 Å². The van der Waals surface area contributed by atoms with Gasteiger partial charge < -0.3 is 11.1 Å². The molecule has 0 amide bonds. The van der Waals surface area contributed by atoms with E-state index in [-0.39, 0.29) is 5.54 Å². The molecule has 1 aliphatic carbocycles. The van der Waals surface area contributed by atoms with Crippen molar-refractivity contribution in [3.05, 3.63) is 23.4 Å². The quantitative estimate of drug-likeness (QED) is 0.821. The molecule has 0 saturated heterocycles. The van der Waals surface area contributed by atoms with Gasteiger partial charge in [-0.05, 0) is 43.7 Å². The van der Waals surface area contributed by atoms with Crippen LogP contribution in [-0.4, -0.2) is 17.1 Å². The highest BCUT2D eigenvalue weighted by molar-refractivity contribution is 5.40. The van der Waals surface area contributed by atoms with Gasteiger partial charge in [-0.1, -0.05) is 19.9 Å². The zero-order chi connectivity index (χ0) is 12.3. The summed E-state index contributed by atoms with van der Waals surface area (Å²) in [6.45, 7) is 5.08. The maximum Gasteiger partial charge on any atom is 0.126 e. The van der Waals surface area contributed by atoms with Crippen molar-refractivity contribution in [1.29, 1.82) is 0 Å². The largest absolute Gasteiger partial charge is 0.368 e. The monoisotopic (exact) mass is 233 g/mol. The van der Waals surface area contributed by atoms with Gasteiger partial charge in [0.15, 0.2) is 0 Å². The topological polar surface area (TPSA) is 50.9 Å². The van der Waals surface area contributed by atoms with Crippen molar-refractivity contribution in [3.8, 4) is 0 Å². The molecule has 0 fully saturated rings. The first-order valence-electron chi connectivity index (χ1n) is 6.68. The van der Waals surface area contributed by atoms with Crippen LogP contribution in [0.3, 0.4) is 0 Å². The molecular weight excluding hydrogens is 210 g/mol. The first-order valence-corrected chi connectivity index (χ1v) is 6.68. The molecular formula is C14H23N3. The van der Waals surface area contributed by atoms with E-state index in [9.17, 15) is 0 Å². The Kier molecular flexibility index (Phi) is 3.67. The first kappa shape index (κ1) is 12.4. The summed E-state index contributed by atoms with van der Waals surface area (Å²) in [5.74, 6) is 0.974. The van der Waals surface area contributed by atoms with Crippen molar-refractivity contribution in [2.24, 2.45) is 5.73 Å². The molecule has 0 radical (unpaired) electrons. The minimum absolute atomic E-state index is 0.110. The van der Waals surface area contributed by atoms with E-state index in [0.29, 0.717) is 0 Å². The molecule has 0 aliphatic heterocycles. The molecule has 2 rings (SSSR count). The number of fused-ring (bicyclic) bond motifs is 1. The van der Waals surface area contributed by atoms with Gasteiger partial charge in [0.1, 0.15) is 5.82 Å². The van der Waals surface area contributed by atoms with Crippen molar-refractivity contribution in [2.45, 2.75) is 51.5 Å². The summed E-state index contributed by atoms with van der Waals surface area (Å²) in [4.78, 5) is 4.66. The summed E-state index contributed by atoms with van der Waals surface area (Å²) in [5, 5.41) is 3.38. The van der Waals surface area contributed by atoms with Crippen LogP contribution in [0.2, 0.25) is 0 Å². The third kappa shape index (κ3) is 2.78. The molecule has 3 N–H and O–H groups in total. The highest BCUT2D eigenvalue weighted by Crippen LogP contribution is 2.22. The van der Waals surface area contributed by atoms with Crippen LogP contribution < -0.4 is 11.1 Å². The number of pyridine rings is 1. The van der Waals surface area contributed by atoms with Crippen LogP contribution in [0.1, 0.15) is 44.4 Å². The van der Waals surface area contributed by atoms with Crippen LogP contribution in [0.5, 0.6) is 0 Å². The number of rotatable bonds is 5. The predicted molar refractivity (Wildman–Crippen MR) is 72.3 cm³/mol. The number of anilines is 1. The standard InChI is InChI=1S/C14H23N3/c1-3-14(15,4-2)10-16-13-9-8-11-6-5-7-12(11)17-13/h8-9H,3-7,10,15H2,1-2H3,(H,16,17). The summed E-state index contributed by atoms with van der Waals surface area (Å²) < 4.78 is 0. The van der Waals surface area contributed by atoms with Gasteiger partial charge in [-0.15, -0.1) is 0 Å². The SMILES string of the molecule is CCC(N)(CC)CNc1ccc2c(n1)CCC2. The van der Waals surface area contributed by atoms with Crippen molar-refractivity contribution in [3.63, 3.8) is 0 Å². The van der Waals surface area contributed by atoms with Crippen LogP contribution in [0.4, 0.5) is 5.82 Å². The maximum absolute atomic E-state index is 6.27. The highest BCUT2D eigenvalue weighted by atomic mass is 15.0. The van der Waals surface area contributed by atoms with E-state index in [1.807, 2.05) is 0 Å². The Morgan fingerprint density at radius 3 is 2.76 bits per heavy atom. The molecule has 1 aliphatic rings. The number of aromatic nitrogens is 1. The summed E-state index contributed by atoms with van der Waals surface area (Å²) >= 11 is 0. The van der Waals surface area contributed by atoms with Gasteiger partial charge in [-0.25, -0.2) is 4.98 Å². The average molecular weight is 233 g/mol. The van der Waals surface area contributed by atoms with Crippen molar-refractivity contribution in [1.82, 2.24) is 4.98 Å². The van der Waals surface area contributed by atoms with Crippen molar-refractivity contribution < 1.29 is 0 Å². The van der Waals surface area contributed by atoms with E-state index in [4.69, 9.17) is 5.73 Å². The fraction of sp³-hybridized carbons (Fsp3) is 0.643. The number of nitrogens with one attached hydrogen (secondary N) is 1. The molecule has 3 heteroatoms. The van der Waals surface area contributed by atoms with E-state index in [2.05, 4.69) is 36.3 Å². The smallest absolute Gasteiger partial charge is 0.126 e. The fourth-order valence-corrected chi connectivity index (χ4v) is 2.29. The third-order valence-electron chi connectivity index (χ3n) is 3.96. The molecule has 1 aromatic rings. The Balaban J connectivity index is 2.00. The number of aryl methyl sites for hydroxylation is 2. The molecule has 17 heavy (non-hydrogen) atoms. The lowest BCUT2D eigenvalue weighted by Crippen LogP contribution is -2.45. The molecule has 0 saturated carbocycles. The number of nitrogens with two attached hydrogens (primary N) is 1. The average Bonchev–Trinajstić information content (AvgIpc) is 2.83. The Hall–Kier alpha value is -1.09. The Morgan fingerprint density at radius 2 is 2.06 bits per heavy atom. The van der Waals surface area contributed by atoms with Gasteiger partial charge in [0.05, 0.1) is 0 Å². The predicted octanol–water partition coefficient (Wildman–Crippen LogP) is 2.50.